The Morgan fingerprint density at radius 1 is 0.769 bits per heavy atom. The van der Waals surface area contributed by atoms with Crippen LogP contribution in [0.3, 0.4) is 0 Å². The minimum absolute atomic E-state index is 0.909. The van der Waals surface area contributed by atoms with Gasteiger partial charge in [0, 0.05) is 11.1 Å². The molecule has 4 nitrogen and oxygen atoms in total. The quantitative estimate of drug-likeness (QED) is 0.483. The monoisotopic (exact) mass is 338 g/mol. The first-order chi connectivity index (χ1) is 12.8. The molecule has 0 spiro atoms. The zero-order chi connectivity index (χ0) is 17.5. The second-order valence-electron chi connectivity index (χ2n) is 6.36. The molecule has 5 aromatic rings. The molecular formula is C22H18N4. The largest absolute Gasteiger partial charge is 0.275 e. The van der Waals surface area contributed by atoms with E-state index in [1.807, 2.05) is 47.1 Å². The first-order valence-electron chi connectivity index (χ1n) is 8.69. The van der Waals surface area contributed by atoms with Crippen LogP contribution < -0.4 is 5.49 Å². The molecule has 0 aliphatic carbocycles. The van der Waals surface area contributed by atoms with E-state index in [0.717, 1.165) is 33.5 Å². The molecular weight excluding hydrogens is 320 g/mol. The number of para-hydroxylation sites is 3. The van der Waals surface area contributed by atoms with E-state index in [4.69, 9.17) is 4.99 Å². The average Bonchev–Trinajstić information content (AvgIpc) is 3.18. The van der Waals surface area contributed by atoms with Crippen LogP contribution in [-0.4, -0.2) is 14.2 Å². The normalized spacial score (nSPS) is 12.3. The molecule has 4 heteroatoms. The zero-order valence-electron chi connectivity index (χ0n) is 14.4. The summed E-state index contributed by atoms with van der Waals surface area (Å²) in [5.74, 6) is 0. The maximum Gasteiger partial charge on any atom is 0.176 e. The van der Waals surface area contributed by atoms with Gasteiger partial charge in [-0.2, -0.15) is 4.63 Å². The third-order valence-electron chi connectivity index (χ3n) is 4.70. The van der Waals surface area contributed by atoms with Crippen molar-refractivity contribution in [1.82, 2.24) is 14.2 Å². The van der Waals surface area contributed by atoms with E-state index in [1.54, 1.807) is 0 Å². The Labute approximate surface area is 150 Å². The second kappa shape index (κ2) is 5.77. The fraction of sp³-hybridized carbons (Fsp3) is 0.0455. The highest BCUT2D eigenvalue weighted by Gasteiger charge is 2.16. The van der Waals surface area contributed by atoms with Crippen LogP contribution in [0, 0.1) is 6.92 Å². The lowest BCUT2D eigenvalue weighted by Gasteiger charge is -2.02. The van der Waals surface area contributed by atoms with Crippen LogP contribution in [0.5, 0.6) is 0 Å². The fourth-order valence-corrected chi connectivity index (χ4v) is 3.51. The van der Waals surface area contributed by atoms with Gasteiger partial charge in [0.15, 0.2) is 5.49 Å². The second-order valence-corrected chi connectivity index (χ2v) is 6.36. The number of rotatable bonds is 2. The van der Waals surface area contributed by atoms with Gasteiger partial charge in [0.1, 0.15) is 0 Å². The average molecular weight is 338 g/mol. The Morgan fingerprint density at radius 3 is 2.19 bits per heavy atom. The lowest BCUT2D eigenvalue weighted by atomic mass is 10.1. The van der Waals surface area contributed by atoms with Gasteiger partial charge in [0.05, 0.1) is 22.4 Å². The van der Waals surface area contributed by atoms with Crippen LogP contribution in [0.15, 0.2) is 89.9 Å². The predicted molar refractivity (Wildman–Crippen MR) is 105 cm³/mol. The van der Waals surface area contributed by atoms with Gasteiger partial charge >= 0.3 is 0 Å². The summed E-state index contributed by atoms with van der Waals surface area (Å²) in [6.07, 6.45) is 0. The molecule has 2 heterocycles. The summed E-state index contributed by atoms with van der Waals surface area (Å²) >= 11 is 0. The standard InChI is InChI=1S/C22H18N4/c1-16-21(17-10-4-2-5-11-17)25-20-15-9-8-14-19(20)24-26(25)22(16)23-18-12-6-3-7-13-18/h2-15,24H,1H3. The van der Waals surface area contributed by atoms with Crippen molar-refractivity contribution in [2.75, 3.05) is 0 Å². The summed E-state index contributed by atoms with van der Waals surface area (Å²) in [7, 11) is 0. The van der Waals surface area contributed by atoms with E-state index in [9.17, 15) is 0 Å². The molecule has 0 aliphatic rings. The number of aromatic nitrogens is 3. The molecule has 0 saturated heterocycles. The molecule has 0 atom stereocenters. The van der Waals surface area contributed by atoms with Crippen molar-refractivity contribution in [3.05, 3.63) is 96.0 Å². The number of nitrogens with one attached hydrogen (secondary N) is 1. The van der Waals surface area contributed by atoms with Crippen molar-refractivity contribution in [2.45, 2.75) is 6.92 Å². The highest BCUT2D eigenvalue weighted by molar-refractivity contribution is 5.78. The zero-order valence-corrected chi connectivity index (χ0v) is 14.4. The van der Waals surface area contributed by atoms with Crippen molar-refractivity contribution in [2.24, 2.45) is 4.99 Å². The minimum atomic E-state index is 0.909. The lowest BCUT2D eigenvalue weighted by Crippen LogP contribution is -2.14. The topological polar surface area (TPSA) is 37.0 Å². The van der Waals surface area contributed by atoms with E-state index >= 15 is 0 Å². The number of H-pyrrole nitrogens is 1. The maximum atomic E-state index is 4.92. The number of benzene rings is 3. The van der Waals surface area contributed by atoms with Crippen molar-refractivity contribution in [3.63, 3.8) is 0 Å². The third kappa shape index (κ3) is 2.19. The molecule has 126 valence electrons. The number of fused-ring (bicyclic) bond motifs is 3. The highest BCUT2D eigenvalue weighted by atomic mass is 15.5. The van der Waals surface area contributed by atoms with Crippen LogP contribution in [0.1, 0.15) is 5.56 Å². The van der Waals surface area contributed by atoms with Crippen LogP contribution in [0.4, 0.5) is 5.69 Å². The third-order valence-corrected chi connectivity index (χ3v) is 4.70. The Morgan fingerprint density at radius 2 is 1.42 bits per heavy atom. The van der Waals surface area contributed by atoms with E-state index in [-0.39, 0.29) is 0 Å². The van der Waals surface area contributed by atoms with Gasteiger partial charge in [0.25, 0.3) is 0 Å². The summed E-state index contributed by atoms with van der Waals surface area (Å²) in [6, 6.07) is 28.9. The van der Waals surface area contributed by atoms with Crippen molar-refractivity contribution < 1.29 is 0 Å². The number of nitrogens with zero attached hydrogens (tertiary/aromatic N) is 3. The van der Waals surface area contributed by atoms with Crippen LogP contribution in [0.25, 0.3) is 22.3 Å². The van der Waals surface area contributed by atoms with Gasteiger partial charge in [-0.15, -0.1) is 0 Å². The summed E-state index contributed by atoms with van der Waals surface area (Å²) in [6.45, 7) is 2.13. The van der Waals surface area contributed by atoms with E-state index in [1.165, 1.54) is 5.56 Å². The minimum Gasteiger partial charge on any atom is -0.275 e. The summed E-state index contributed by atoms with van der Waals surface area (Å²) in [5.41, 5.74) is 7.52. The first-order valence-corrected chi connectivity index (χ1v) is 8.69. The van der Waals surface area contributed by atoms with Crippen molar-refractivity contribution in [1.29, 1.82) is 0 Å². The molecule has 2 aromatic heterocycles. The molecule has 26 heavy (non-hydrogen) atoms. The molecule has 0 amide bonds. The smallest absolute Gasteiger partial charge is 0.176 e. The van der Waals surface area contributed by atoms with E-state index < -0.39 is 0 Å². The number of aromatic amines is 1. The fourth-order valence-electron chi connectivity index (χ4n) is 3.51. The van der Waals surface area contributed by atoms with Gasteiger partial charge in [-0.05, 0) is 31.2 Å². The van der Waals surface area contributed by atoms with Gasteiger partial charge in [-0.1, -0.05) is 60.7 Å². The number of hydrogen-bond donors (Lipinski definition) is 1. The SMILES string of the molecule is Cc1c(-c2ccccc2)n2c3ccccc3[nH]n2c1=Nc1ccccc1. The van der Waals surface area contributed by atoms with Crippen molar-refractivity contribution >= 4 is 16.7 Å². The Balaban J connectivity index is 1.95. The Hall–Kier alpha value is -3.53. The van der Waals surface area contributed by atoms with Crippen LogP contribution >= 0.6 is 0 Å². The Bertz CT molecular complexity index is 1270. The summed E-state index contributed by atoms with van der Waals surface area (Å²) in [4.78, 5) is 4.92. The lowest BCUT2D eigenvalue weighted by molar-refractivity contribution is 0.731. The first kappa shape index (κ1) is 14.8. The molecule has 5 rings (SSSR count). The van der Waals surface area contributed by atoms with E-state index in [0.29, 0.717) is 0 Å². The van der Waals surface area contributed by atoms with Crippen LogP contribution in [-0.2, 0) is 0 Å². The molecule has 0 unspecified atom stereocenters. The molecule has 0 fully saturated rings. The van der Waals surface area contributed by atoms with E-state index in [2.05, 4.69) is 59.0 Å². The van der Waals surface area contributed by atoms with Gasteiger partial charge in [-0.3, -0.25) is 5.10 Å². The predicted octanol–water partition coefficient (Wildman–Crippen LogP) is 4.73. The summed E-state index contributed by atoms with van der Waals surface area (Å²) in [5, 5.41) is 3.48. The molecule has 3 aromatic carbocycles. The highest BCUT2D eigenvalue weighted by Crippen LogP contribution is 2.25. The maximum absolute atomic E-state index is 4.92. The Kier molecular flexibility index (Phi) is 3.28. The molecule has 0 saturated carbocycles. The molecule has 0 radical (unpaired) electrons. The van der Waals surface area contributed by atoms with Crippen molar-refractivity contribution in [3.8, 4) is 11.3 Å². The summed E-state index contributed by atoms with van der Waals surface area (Å²) < 4.78 is 4.25. The number of hydrogen-bond acceptors (Lipinski definition) is 1. The van der Waals surface area contributed by atoms with Gasteiger partial charge < -0.3 is 0 Å². The van der Waals surface area contributed by atoms with Gasteiger partial charge in [-0.25, -0.2) is 9.51 Å². The van der Waals surface area contributed by atoms with Crippen LogP contribution in [0.2, 0.25) is 0 Å². The molecule has 1 N–H and O–H groups in total. The molecule has 0 bridgehead atoms. The van der Waals surface area contributed by atoms with Gasteiger partial charge in [0.2, 0.25) is 0 Å². The molecule has 0 aliphatic heterocycles.